The van der Waals surface area contributed by atoms with Gasteiger partial charge in [0.25, 0.3) is 0 Å². The van der Waals surface area contributed by atoms with Crippen LogP contribution in [-0.4, -0.2) is 16.8 Å². The Kier molecular flexibility index (Phi) is 3.44. The second kappa shape index (κ2) is 4.61. The number of aliphatic hydroxyl groups is 2. The van der Waals surface area contributed by atoms with E-state index in [0.29, 0.717) is 5.56 Å². The molecule has 0 aromatic heterocycles. The van der Waals surface area contributed by atoms with E-state index in [2.05, 4.69) is 0 Å². The van der Waals surface area contributed by atoms with Gasteiger partial charge in [-0.1, -0.05) is 30.3 Å². The summed E-state index contributed by atoms with van der Waals surface area (Å²) in [6, 6.07) is 10.7. The zero-order chi connectivity index (χ0) is 9.68. The van der Waals surface area contributed by atoms with Gasteiger partial charge in [0.15, 0.2) is 0 Å². The largest absolute Gasteiger partial charge is 0.395 e. The van der Waals surface area contributed by atoms with E-state index < -0.39 is 12.0 Å². The number of nitrogens with zero attached hydrogens (tertiary/aromatic N) is 1. The summed E-state index contributed by atoms with van der Waals surface area (Å²) in [5.74, 6) is -0.748. The molecule has 13 heavy (non-hydrogen) atoms. The van der Waals surface area contributed by atoms with Crippen LogP contribution in [0.4, 0.5) is 0 Å². The molecule has 3 heteroatoms. The van der Waals surface area contributed by atoms with Gasteiger partial charge in [0, 0.05) is 0 Å². The summed E-state index contributed by atoms with van der Waals surface area (Å²) >= 11 is 0. The lowest BCUT2D eigenvalue weighted by Crippen LogP contribution is -2.14. The fourth-order valence-corrected chi connectivity index (χ4v) is 1.09. The average Bonchev–Trinajstić information content (AvgIpc) is 2.21. The molecule has 0 unspecified atom stereocenters. The molecule has 2 N–H and O–H groups in total. The summed E-state index contributed by atoms with van der Waals surface area (Å²) in [6.45, 7) is -0.327. The maximum Gasteiger partial charge on any atom is 0.0994 e. The minimum atomic E-state index is -0.906. The predicted molar refractivity (Wildman–Crippen MR) is 47.6 cm³/mol. The van der Waals surface area contributed by atoms with Crippen LogP contribution in [0.5, 0.6) is 0 Å². The molecule has 0 aliphatic carbocycles. The first kappa shape index (κ1) is 9.72. The van der Waals surface area contributed by atoms with Gasteiger partial charge in [-0.05, 0) is 5.56 Å². The zero-order valence-electron chi connectivity index (χ0n) is 7.09. The van der Waals surface area contributed by atoms with Gasteiger partial charge in [-0.25, -0.2) is 0 Å². The fourth-order valence-electron chi connectivity index (χ4n) is 1.09. The highest BCUT2D eigenvalue weighted by Crippen LogP contribution is 2.20. The summed E-state index contributed by atoms with van der Waals surface area (Å²) in [5.41, 5.74) is 0.656. The second-order valence-corrected chi connectivity index (χ2v) is 2.77. The molecule has 1 aromatic carbocycles. The summed E-state index contributed by atoms with van der Waals surface area (Å²) in [6.07, 6.45) is -0.906. The zero-order valence-corrected chi connectivity index (χ0v) is 7.09. The Balaban J connectivity index is 2.79. The van der Waals surface area contributed by atoms with Crippen molar-refractivity contribution in [2.45, 2.75) is 6.10 Å². The first-order valence-electron chi connectivity index (χ1n) is 4.03. The molecule has 1 rings (SSSR count). The van der Waals surface area contributed by atoms with E-state index in [9.17, 15) is 5.11 Å². The van der Waals surface area contributed by atoms with Crippen LogP contribution in [0.3, 0.4) is 0 Å². The molecule has 0 saturated carbocycles. The van der Waals surface area contributed by atoms with Crippen molar-refractivity contribution in [3.63, 3.8) is 0 Å². The SMILES string of the molecule is N#C[C@@H](CO)[C@H](O)c1ccccc1. The second-order valence-electron chi connectivity index (χ2n) is 2.77. The van der Waals surface area contributed by atoms with Crippen LogP contribution in [0, 0.1) is 17.2 Å². The standard InChI is InChI=1S/C10H11NO2/c11-6-9(7-12)10(13)8-4-2-1-3-5-8/h1-5,9-10,12-13H,7H2/t9-,10+/m0/s1. The van der Waals surface area contributed by atoms with Crippen molar-refractivity contribution in [1.29, 1.82) is 5.26 Å². The van der Waals surface area contributed by atoms with Gasteiger partial charge in [0.05, 0.1) is 24.7 Å². The van der Waals surface area contributed by atoms with E-state index in [4.69, 9.17) is 10.4 Å². The molecule has 2 atom stereocenters. The van der Waals surface area contributed by atoms with E-state index in [1.54, 1.807) is 24.3 Å². The number of aliphatic hydroxyl groups excluding tert-OH is 2. The third-order valence-electron chi connectivity index (χ3n) is 1.88. The molecule has 0 bridgehead atoms. The third kappa shape index (κ3) is 2.28. The lowest BCUT2D eigenvalue weighted by molar-refractivity contribution is 0.0956. The number of nitriles is 1. The minimum Gasteiger partial charge on any atom is -0.395 e. The molecule has 0 aliphatic rings. The Labute approximate surface area is 76.9 Å². The van der Waals surface area contributed by atoms with Crippen molar-refractivity contribution in [2.24, 2.45) is 5.92 Å². The average molecular weight is 177 g/mol. The monoisotopic (exact) mass is 177 g/mol. The first-order valence-corrected chi connectivity index (χ1v) is 4.03. The van der Waals surface area contributed by atoms with Crippen molar-refractivity contribution in [1.82, 2.24) is 0 Å². The highest BCUT2D eigenvalue weighted by molar-refractivity contribution is 5.19. The first-order chi connectivity index (χ1) is 6.29. The quantitative estimate of drug-likeness (QED) is 0.719. The van der Waals surface area contributed by atoms with Crippen molar-refractivity contribution >= 4 is 0 Å². The van der Waals surface area contributed by atoms with E-state index in [1.807, 2.05) is 12.1 Å². The molecule has 0 spiro atoms. The minimum absolute atomic E-state index is 0.327. The smallest absolute Gasteiger partial charge is 0.0994 e. The third-order valence-corrected chi connectivity index (χ3v) is 1.88. The molecule has 0 radical (unpaired) electrons. The van der Waals surface area contributed by atoms with Crippen molar-refractivity contribution in [3.8, 4) is 6.07 Å². The molecule has 1 aromatic rings. The Morgan fingerprint density at radius 3 is 2.38 bits per heavy atom. The Morgan fingerprint density at radius 2 is 1.92 bits per heavy atom. The number of hydrogen-bond acceptors (Lipinski definition) is 3. The van der Waals surface area contributed by atoms with E-state index >= 15 is 0 Å². The van der Waals surface area contributed by atoms with Gasteiger partial charge in [-0.3, -0.25) is 0 Å². The van der Waals surface area contributed by atoms with Gasteiger partial charge in [0.1, 0.15) is 0 Å². The number of hydrogen-bond donors (Lipinski definition) is 2. The molecular formula is C10H11NO2. The van der Waals surface area contributed by atoms with Gasteiger partial charge in [-0.15, -0.1) is 0 Å². The van der Waals surface area contributed by atoms with Crippen molar-refractivity contribution < 1.29 is 10.2 Å². The van der Waals surface area contributed by atoms with E-state index in [-0.39, 0.29) is 6.61 Å². The van der Waals surface area contributed by atoms with Gasteiger partial charge < -0.3 is 10.2 Å². The Hall–Kier alpha value is -1.37. The summed E-state index contributed by atoms with van der Waals surface area (Å²) in [7, 11) is 0. The molecule has 0 heterocycles. The molecule has 0 fully saturated rings. The summed E-state index contributed by atoms with van der Waals surface area (Å²) < 4.78 is 0. The molecule has 0 amide bonds. The van der Waals surface area contributed by atoms with Crippen LogP contribution >= 0.6 is 0 Å². The van der Waals surface area contributed by atoms with Crippen molar-refractivity contribution in [2.75, 3.05) is 6.61 Å². The molecule has 0 aliphatic heterocycles. The van der Waals surface area contributed by atoms with Gasteiger partial charge >= 0.3 is 0 Å². The highest BCUT2D eigenvalue weighted by Gasteiger charge is 2.18. The normalized spacial score (nSPS) is 14.5. The van der Waals surface area contributed by atoms with Crippen LogP contribution in [0.1, 0.15) is 11.7 Å². The van der Waals surface area contributed by atoms with Crippen LogP contribution in [0.15, 0.2) is 30.3 Å². The highest BCUT2D eigenvalue weighted by atomic mass is 16.3. The summed E-state index contributed by atoms with van der Waals surface area (Å²) in [5, 5.41) is 27.0. The van der Waals surface area contributed by atoms with Crippen molar-refractivity contribution in [3.05, 3.63) is 35.9 Å². The lowest BCUT2D eigenvalue weighted by atomic mass is 9.98. The maximum atomic E-state index is 9.60. The van der Waals surface area contributed by atoms with E-state index in [0.717, 1.165) is 0 Å². The van der Waals surface area contributed by atoms with Crippen LogP contribution in [-0.2, 0) is 0 Å². The van der Waals surface area contributed by atoms with Gasteiger partial charge in [-0.2, -0.15) is 5.26 Å². The fraction of sp³-hybridized carbons (Fsp3) is 0.300. The summed E-state index contributed by atoms with van der Waals surface area (Å²) in [4.78, 5) is 0. The van der Waals surface area contributed by atoms with Gasteiger partial charge in [0.2, 0.25) is 0 Å². The van der Waals surface area contributed by atoms with E-state index in [1.165, 1.54) is 0 Å². The number of benzene rings is 1. The van der Waals surface area contributed by atoms with Crippen LogP contribution in [0.2, 0.25) is 0 Å². The number of rotatable bonds is 3. The van der Waals surface area contributed by atoms with Crippen LogP contribution < -0.4 is 0 Å². The maximum absolute atomic E-state index is 9.60. The molecule has 0 saturated heterocycles. The topological polar surface area (TPSA) is 64.2 Å². The molecule has 68 valence electrons. The predicted octanol–water partition coefficient (Wildman–Crippen LogP) is 0.852. The molecular weight excluding hydrogens is 166 g/mol. The Morgan fingerprint density at radius 1 is 1.31 bits per heavy atom. The lowest BCUT2D eigenvalue weighted by Gasteiger charge is -2.13. The Bertz CT molecular complexity index is 292. The molecule has 3 nitrogen and oxygen atoms in total. The van der Waals surface area contributed by atoms with Crippen LogP contribution in [0.25, 0.3) is 0 Å².